The number of hydrogen-bond donors (Lipinski definition) is 1. The van der Waals surface area contributed by atoms with Crippen molar-refractivity contribution >= 4 is 37.8 Å². The molecular weight excluding hydrogens is 338 g/mol. The quantitative estimate of drug-likeness (QED) is 0.825. The number of halogens is 2. The van der Waals surface area contributed by atoms with Crippen molar-refractivity contribution in [1.29, 1.82) is 0 Å². The average molecular weight is 353 g/mol. The highest BCUT2D eigenvalue weighted by atomic mass is 79.9. The molecule has 0 aliphatic rings. The Bertz CT molecular complexity index is 352. The highest BCUT2D eigenvalue weighted by molar-refractivity contribution is 9.09. The average Bonchev–Trinajstić information content (AvgIpc) is 2.73. The molecule has 0 atom stereocenters. The number of hydrogen-bond acceptors (Lipinski definition) is 2. The van der Waals surface area contributed by atoms with E-state index in [0.29, 0.717) is 16.2 Å². The van der Waals surface area contributed by atoms with E-state index in [1.807, 2.05) is 6.92 Å². The Hall–Kier alpha value is -0.360. The number of rotatable bonds is 5. The molecule has 0 aliphatic carbocycles. The van der Waals surface area contributed by atoms with Crippen molar-refractivity contribution < 1.29 is 4.79 Å². The summed E-state index contributed by atoms with van der Waals surface area (Å²) in [7, 11) is 1.79. The van der Waals surface area contributed by atoms with Crippen molar-refractivity contribution in [2.75, 3.05) is 10.7 Å². The van der Waals surface area contributed by atoms with E-state index in [2.05, 4.69) is 42.3 Å². The third kappa shape index (κ3) is 3.07. The van der Waals surface area contributed by atoms with E-state index in [4.69, 9.17) is 0 Å². The van der Waals surface area contributed by atoms with Crippen LogP contribution >= 0.6 is 31.9 Å². The zero-order chi connectivity index (χ0) is 12.2. The SMILES string of the molecule is CCC(CBr)(CBr)NC(=O)c1cnn(C)c1. The predicted molar refractivity (Wildman–Crippen MR) is 71.3 cm³/mol. The first kappa shape index (κ1) is 13.7. The summed E-state index contributed by atoms with van der Waals surface area (Å²) in [6.45, 7) is 2.05. The number of nitrogens with one attached hydrogen (secondary N) is 1. The van der Waals surface area contributed by atoms with Crippen molar-refractivity contribution in [3.8, 4) is 0 Å². The molecule has 0 aromatic carbocycles. The summed E-state index contributed by atoms with van der Waals surface area (Å²) in [5.41, 5.74) is 0.342. The van der Waals surface area contributed by atoms with Crippen molar-refractivity contribution in [1.82, 2.24) is 15.1 Å². The molecule has 1 N–H and O–H groups in total. The molecule has 16 heavy (non-hydrogen) atoms. The minimum atomic E-state index is -0.243. The molecule has 1 rings (SSSR count). The third-order valence-corrected chi connectivity index (χ3v) is 4.68. The molecule has 1 aromatic heterocycles. The molecule has 4 nitrogen and oxygen atoms in total. The molecular formula is C10H15Br2N3O. The van der Waals surface area contributed by atoms with Gasteiger partial charge >= 0.3 is 0 Å². The van der Waals surface area contributed by atoms with Crippen LogP contribution < -0.4 is 5.32 Å². The normalized spacial score (nSPS) is 11.5. The van der Waals surface area contributed by atoms with Crippen LogP contribution in [0.3, 0.4) is 0 Å². The van der Waals surface area contributed by atoms with E-state index in [-0.39, 0.29) is 11.4 Å². The van der Waals surface area contributed by atoms with Gasteiger partial charge in [0.25, 0.3) is 5.91 Å². The molecule has 0 saturated carbocycles. The van der Waals surface area contributed by atoms with Gasteiger partial charge in [0.2, 0.25) is 0 Å². The van der Waals surface area contributed by atoms with Crippen LogP contribution in [0.2, 0.25) is 0 Å². The molecule has 1 amide bonds. The first-order valence-electron chi connectivity index (χ1n) is 5.00. The van der Waals surface area contributed by atoms with Crippen LogP contribution in [-0.2, 0) is 7.05 Å². The maximum absolute atomic E-state index is 11.9. The first-order chi connectivity index (χ1) is 7.56. The second-order valence-corrected chi connectivity index (χ2v) is 4.88. The van der Waals surface area contributed by atoms with E-state index in [9.17, 15) is 4.79 Å². The van der Waals surface area contributed by atoms with Gasteiger partial charge < -0.3 is 5.32 Å². The Morgan fingerprint density at radius 1 is 1.56 bits per heavy atom. The topological polar surface area (TPSA) is 46.9 Å². The van der Waals surface area contributed by atoms with Crippen LogP contribution in [0.15, 0.2) is 12.4 Å². The molecule has 0 radical (unpaired) electrons. The zero-order valence-electron chi connectivity index (χ0n) is 9.33. The molecule has 0 fully saturated rings. The van der Waals surface area contributed by atoms with E-state index in [1.54, 1.807) is 24.1 Å². The second kappa shape index (κ2) is 5.82. The van der Waals surface area contributed by atoms with Gasteiger partial charge in [0.15, 0.2) is 0 Å². The molecule has 0 bridgehead atoms. The number of amides is 1. The Morgan fingerprint density at radius 3 is 2.56 bits per heavy atom. The van der Waals surface area contributed by atoms with E-state index in [0.717, 1.165) is 6.42 Å². The third-order valence-electron chi connectivity index (χ3n) is 2.53. The number of carbonyl (C=O) groups excluding carboxylic acids is 1. The number of carbonyl (C=O) groups is 1. The zero-order valence-corrected chi connectivity index (χ0v) is 12.5. The van der Waals surface area contributed by atoms with Crippen molar-refractivity contribution in [2.24, 2.45) is 7.05 Å². The van der Waals surface area contributed by atoms with Crippen LogP contribution in [0.1, 0.15) is 23.7 Å². The van der Waals surface area contributed by atoms with Crippen LogP contribution in [0.4, 0.5) is 0 Å². The summed E-state index contributed by atoms with van der Waals surface area (Å²) < 4.78 is 1.62. The van der Waals surface area contributed by atoms with E-state index in [1.165, 1.54) is 0 Å². The van der Waals surface area contributed by atoms with Crippen LogP contribution in [0, 0.1) is 0 Å². The molecule has 1 aromatic rings. The minimum absolute atomic E-state index is 0.0890. The van der Waals surface area contributed by atoms with Crippen LogP contribution in [0.25, 0.3) is 0 Å². The largest absolute Gasteiger partial charge is 0.345 e. The lowest BCUT2D eigenvalue weighted by Gasteiger charge is -2.29. The number of alkyl halides is 2. The van der Waals surface area contributed by atoms with Crippen molar-refractivity contribution in [3.05, 3.63) is 18.0 Å². The molecule has 0 unspecified atom stereocenters. The fourth-order valence-corrected chi connectivity index (χ4v) is 3.23. The van der Waals surface area contributed by atoms with Crippen molar-refractivity contribution in [3.63, 3.8) is 0 Å². The van der Waals surface area contributed by atoms with Gasteiger partial charge in [-0.15, -0.1) is 0 Å². The van der Waals surface area contributed by atoms with Gasteiger partial charge in [-0.05, 0) is 6.42 Å². The minimum Gasteiger partial charge on any atom is -0.345 e. The van der Waals surface area contributed by atoms with Crippen LogP contribution in [-0.4, -0.2) is 31.9 Å². The van der Waals surface area contributed by atoms with Gasteiger partial charge in [-0.25, -0.2) is 0 Å². The highest BCUT2D eigenvalue weighted by Gasteiger charge is 2.28. The second-order valence-electron chi connectivity index (χ2n) is 3.76. The Balaban J connectivity index is 2.76. The number of aryl methyl sites for hydroxylation is 1. The molecule has 1 heterocycles. The maximum Gasteiger partial charge on any atom is 0.254 e. The molecule has 0 aliphatic heterocycles. The van der Waals surface area contributed by atoms with Gasteiger partial charge in [-0.3, -0.25) is 9.48 Å². The molecule has 0 saturated heterocycles. The Kier molecular flexibility index (Phi) is 4.98. The Morgan fingerprint density at radius 2 is 2.19 bits per heavy atom. The highest BCUT2D eigenvalue weighted by Crippen LogP contribution is 2.17. The number of aromatic nitrogens is 2. The summed E-state index contributed by atoms with van der Waals surface area (Å²) in [5.74, 6) is -0.0890. The van der Waals surface area contributed by atoms with Crippen molar-refractivity contribution in [2.45, 2.75) is 18.9 Å². The lowest BCUT2D eigenvalue weighted by Crippen LogP contribution is -2.51. The molecule has 90 valence electrons. The van der Waals surface area contributed by atoms with Gasteiger partial charge in [0, 0.05) is 23.9 Å². The fraction of sp³-hybridized carbons (Fsp3) is 0.600. The standard InChI is InChI=1S/C10H15Br2N3O/c1-3-10(6-11,7-12)14-9(16)8-4-13-15(2)5-8/h4-5H,3,6-7H2,1-2H3,(H,14,16). The predicted octanol–water partition coefficient (Wildman–Crippen LogP) is 2.09. The Labute approximate surface area is 112 Å². The lowest BCUT2D eigenvalue weighted by atomic mass is 10.0. The van der Waals surface area contributed by atoms with Gasteiger partial charge in [-0.2, -0.15) is 5.10 Å². The fourth-order valence-electron chi connectivity index (χ4n) is 1.23. The lowest BCUT2D eigenvalue weighted by molar-refractivity contribution is 0.0915. The summed E-state index contributed by atoms with van der Waals surface area (Å²) in [5, 5.41) is 8.43. The monoisotopic (exact) mass is 351 g/mol. The van der Waals surface area contributed by atoms with Crippen LogP contribution in [0.5, 0.6) is 0 Å². The summed E-state index contributed by atoms with van der Waals surface area (Å²) in [6.07, 6.45) is 4.13. The molecule has 0 spiro atoms. The summed E-state index contributed by atoms with van der Waals surface area (Å²) in [6, 6.07) is 0. The smallest absolute Gasteiger partial charge is 0.254 e. The van der Waals surface area contributed by atoms with Gasteiger partial charge in [0.1, 0.15) is 0 Å². The summed E-state index contributed by atoms with van der Waals surface area (Å²) >= 11 is 6.87. The number of nitrogens with zero attached hydrogens (tertiary/aromatic N) is 2. The molecule has 6 heteroatoms. The van der Waals surface area contributed by atoms with Gasteiger partial charge in [0.05, 0.1) is 17.3 Å². The summed E-state index contributed by atoms with van der Waals surface area (Å²) in [4.78, 5) is 11.9. The van der Waals surface area contributed by atoms with E-state index >= 15 is 0 Å². The van der Waals surface area contributed by atoms with E-state index < -0.39 is 0 Å². The van der Waals surface area contributed by atoms with Gasteiger partial charge in [-0.1, -0.05) is 38.8 Å². The maximum atomic E-state index is 11.9. The first-order valence-corrected chi connectivity index (χ1v) is 7.24.